The Hall–Kier alpha value is -1.39. The average Bonchev–Trinajstić information content (AvgIpc) is 2.54. The highest BCUT2D eigenvalue weighted by Gasteiger charge is 2.41. The van der Waals surface area contributed by atoms with Gasteiger partial charge in [0.05, 0.1) is 0 Å². The van der Waals surface area contributed by atoms with Crippen molar-refractivity contribution in [3.8, 4) is 0 Å². The van der Waals surface area contributed by atoms with Crippen LogP contribution < -0.4 is 0 Å². The maximum absolute atomic E-state index is 13.2. The number of piperazine rings is 1. The lowest BCUT2D eigenvalue weighted by Gasteiger charge is -2.43. The number of amides is 1. The van der Waals surface area contributed by atoms with Gasteiger partial charge in [0, 0.05) is 32.2 Å². The van der Waals surface area contributed by atoms with Crippen LogP contribution in [-0.2, 0) is 10.3 Å². The van der Waals surface area contributed by atoms with Crippen molar-refractivity contribution in [1.82, 2.24) is 14.7 Å². The second-order valence-electron chi connectivity index (χ2n) is 6.75. The highest BCUT2D eigenvalue weighted by Crippen LogP contribution is 2.29. The third kappa shape index (κ3) is 3.18. The summed E-state index contributed by atoms with van der Waals surface area (Å²) >= 11 is 0. The number of nitrogens with zero attached hydrogens (tertiary/aromatic N) is 3. The normalized spacial score (nSPS) is 19.5. The fourth-order valence-electron chi connectivity index (χ4n) is 3.08. The molecule has 1 heterocycles. The number of benzene rings is 1. The van der Waals surface area contributed by atoms with Crippen molar-refractivity contribution < 1.29 is 4.79 Å². The molecule has 0 N–H and O–H groups in total. The molecule has 1 amide bonds. The molecular weight excluding hydrogens is 274 g/mol. The Bertz CT molecular complexity index is 492. The van der Waals surface area contributed by atoms with Crippen LogP contribution in [0.5, 0.6) is 0 Å². The summed E-state index contributed by atoms with van der Waals surface area (Å²) in [6.45, 7) is 10.0. The zero-order valence-electron chi connectivity index (χ0n) is 14.5. The highest BCUT2D eigenvalue weighted by atomic mass is 16.2. The predicted molar refractivity (Wildman–Crippen MR) is 90.8 cm³/mol. The largest absolute Gasteiger partial charge is 0.338 e. The van der Waals surface area contributed by atoms with Crippen LogP contribution in [-0.4, -0.2) is 66.9 Å². The Morgan fingerprint density at radius 2 is 1.64 bits per heavy atom. The fraction of sp³-hybridized carbons (Fsp3) is 0.611. The van der Waals surface area contributed by atoms with Crippen molar-refractivity contribution >= 4 is 5.91 Å². The van der Waals surface area contributed by atoms with Crippen LogP contribution in [0.1, 0.15) is 26.3 Å². The number of likely N-dealkylation sites (N-methyl/N-ethyl adjacent to an activating group) is 1. The molecule has 0 aromatic heterocycles. The molecule has 0 spiro atoms. The van der Waals surface area contributed by atoms with Crippen LogP contribution in [0.2, 0.25) is 0 Å². The maximum atomic E-state index is 13.2. The molecule has 1 aliphatic rings. The number of rotatable bonds is 4. The van der Waals surface area contributed by atoms with Gasteiger partial charge in [-0.2, -0.15) is 0 Å². The lowest BCUT2D eigenvalue weighted by Crippen LogP contribution is -2.58. The Labute approximate surface area is 134 Å². The summed E-state index contributed by atoms with van der Waals surface area (Å²) in [6.07, 6.45) is 0. The third-order valence-corrected chi connectivity index (χ3v) is 4.98. The summed E-state index contributed by atoms with van der Waals surface area (Å²) in [7, 11) is 3.96. The second-order valence-corrected chi connectivity index (χ2v) is 6.75. The molecule has 0 saturated carbocycles. The molecule has 1 aromatic carbocycles. The van der Waals surface area contributed by atoms with Gasteiger partial charge in [-0.25, -0.2) is 0 Å². The molecule has 2 rings (SSSR count). The maximum Gasteiger partial charge on any atom is 0.247 e. The summed E-state index contributed by atoms with van der Waals surface area (Å²) < 4.78 is 0. The molecule has 22 heavy (non-hydrogen) atoms. The average molecular weight is 303 g/mol. The molecule has 1 saturated heterocycles. The molecule has 4 heteroatoms. The molecule has 0 radical (unpaired) electrons. The molecule has 4 nitrogen and oxygen atoms in total. The summed E-state index contributed by atoms with van der Waals surface area (Å²) in [5, 5.41) is 0. The highest BCUT2D eigenvalue weighted by molar-refractivity contribution is 5.87. The molecule has 122 valence electrons. The Morgan fingerprint density at radius 1 is 1.09 bits per heavy atom. The van der Waals surface area contributed by atoms with E-state index in [1.54, 1.807) is 0 Å². The minimum absolute atomic E-state index is 0.201. The van der Waals surface area contributed by atoms with E-state index in [0.717, 1.165) is 31.7 Å². The summed E-state index contributed by atoms with van der Waals surface area (Å²) in [6, 6.07) is 10.6. The van der Waals surface area contributed by atoms with Gasteiger partial charge >= 0.3 is 0 Å². The van der Waals surface area contributed by atoms with Gasteiger partial charge < -0.3 is 4.90 Å². The van der Waals surface area contributed by atoms with Crippen molar-refractivity contribution in [3.05, 3.63) is 35.9 Å². The first-order valence-corrected chi connectivity index (χ1v) is 8.13. The first kappa shape index (κ1) is 17.0. The Morgan fingerprint density at radius 3 is 2.09 bits per heavy atom. The minimum Gasteiger partial charge on any atom is -0.338 e. The fourth-order valence-corrected chi connectivity index (χ4v) is 3.08. The van der Waals surface area contributed by atoms with Crippen molar-refractivity contribution in [2.75, 3.05) is 40.3 Å². The zero-order chi connectivity index (χ0) is 16.3. The van der Waals surface area contributed by atoms with Gasteiger partial charge in [-0.05, 0) is 40.4 Å². The molecular formula is C18H29N3O. The molecule has 1 aliphatic heterocycles. The van der Waals surface area contributed by atoms with Crippen LogP contribution in [0.3, 0.4) is 0 Å². The lowest BCUT2D eigenvalue weighted by molar-refractivity contribution is -0.145. The van der Waals surface area contributed by atoms with E-state index < -0.39 is 5.54 Å². The van der Waals surface area contributed by atoms with Gasteiger partial charge in [-0.3, -0.25) is 14.6 Å². The molecule has 1 aromatic rings. The van der Waals surface area contributed by atoms with Crippen molar-refractivity contribution in [3.63, 3.8) is 0 Å². The van der Waals surface area contributed by atoms with Gasteiger partial charge in [0.25, 0.3) is 0 Å². The van der Waals surface area contributed by atoms with Crippen molar-refractivity contribution in [2.45, 2.75) is 32.4 Å². The van der Waals surface area contributed by atoms with Crippen LogP contribution >= 0.6 is 0 Å². The SMILES string of the molecule is CC(C)N1CCN(C(=O)C(C)(c2ccccc2)N(C)C)CC1. The zero-order valence-corrected chi connectivity index (χ0v) is 14.5. The molecule has 1 fully saturated rings. The number of hydrogen-bond acceptors (Lipinski definition) is 3. The molecule has 1 atom stereocenters. The van der Waals surface area contributed by atoms with Gasteiger partial charge in [-0.1, -0.05) is 30.3 Å². The second kappa shape index (κ2) is 6.80. The third-order valence-electron chi connectivity index (χ3n) is 4.98. The number of carbonyl (C=O) groups excluding carboxylic acids is 1. The van der Waals surface area contributed by atoms with Crippen molar-refractivity contribution in [1.29, 1.82) is 0 Å². The number of hydrogen-bond donors (Lipinski definition) is 0. The minimum atomic E-state index is -0.610. The number of carbonyl (C=O) groups is 1. The first-order chi connectivity index (χ1) is 10.4. The Kier molecular flexibility index (Phi) is 5.24. The van der Waals surface area contributed by atoms with Crippen molar-refractivity contribution in [2.24, 2.45) is 0 Å². The van der Waals surface area contributed by atoms with Crippen LogP contribution in [0.15, 0.2) is 30.3 Å². The van der Waals surface area contributed by atoms with E-state index in [2.05, 4.69) is 18.7 Å². The summed E-state index contributed by atoms with van der Waals surface area (Å²) in [4.78, 5) is 19.7. The van der Waals surface area contributed by atoms with E-state index in [1.165, 1.54) is 0 Å². The van der Waals surface area contributed by atoms with E-state index in [-0.39, 0.29) is 5.91 Å². The first-order valence-electron chi connectivity index (χ1n) is 8.13. The van der Waals surface area contributed by atoms with Gasteiger partial charge in [0.15, 0.2) is 0 Å². The summed E-state index contributed by atoms with van der Waals surface area (Å²) in [5.41, 5.74) is 0.442. The van der Waals surface area contributed by atoms with Crippen LogP contribution in [0, 0.1) is 0 Å². The van der Waals surface area contributed by atoms with Gasteiger partial charge in [0.2, 0.25) is 5.91 Å². The van der Waals surface area contributed by atoms with E-state index in [9.17, 15) is 4.79 Å². The van der Waals surface area contributed by atoms with Gasteiger partial charge in [-0.15, -0.1) is 0 Å². The molecule has 1 unspecified atom stereocenters. The van der Waals surface area contributed by atoms with E-state index in [4.69, 9.17) is 0 Å². The van der Waals surface area contributed by atoms with E-state index in [0.29, 0.717) is 6.04 Å². The van der Waals surface area contributed by atoms with Crippen LogP contribution in [0.25, 0.3) is 0 Å². The molecule has 0 bridgehead atoms. The Balaban J connectivity index is 2.18. The monoisotopic (exact) mass is 303 g/mol. The molecule has 0 aliphatic carbocycles. The lowest BCUT2D eigenvalue weighted by atomic mass is 9.89. The van der Waals surface area contributed by atoms with E-state index >= 15 is 0 Å². The van der Waals surface area contributed by atoms with Crippen LogP contribution in [0.4, 0.5) is 0 Å². The van der Waals surface area contributed by atoms with E-state index in [1.807, 2.05) is 61.2 Å². The quantitative estimate of drug-likeness (QED) is 0.851. The summed E-state index contributed by atoms with van der Waals surface area (Å²) in [5.74, 6) is 0.201. The van der Waals surface area contributed by atoms with Gasteiger partial charge in [0.1, 0.15) is 5.54 Å². The predicted octanol–water partition coefficient (Wildman–Crippen LogP) is 2.02. The standard InChI is InChI=1S/C18H29N3O/c1-15(2)20-11-13-21(14-12-20)17(22)18(3,19(4)5)16-9-7-6-8-10-16/h6-10,15H,11-14H2,1-5H3. The topological polar surface area (TPSA) is 26.8 Å². The smallest absolute Gasteiger partial charge is 0.247 e.